The van der Waals surface area contributed by atoms with Crippen LogP contribution in [-0.4, -0.2) is 35.8 Å². The molecule has 0 N–H and O–H groups in total. The molecule has 0 bridgehead atoms. The van der Waals surface area contributed by atoms with Crippen LogP contribution in [0.5, 0.6) is 5.75 Å². The van der Waals surface area contributed by atoms with Gasteiger partial charge in [-0.05, 0) is 32.2 Å². The average molecular weight is 424 g/mol. The van der Waals surface area contributed by atoms with Gasteiger partial charge in [0.2, 0.25) is 0 Å². The maximum Gasteiger partial charge on any atom is 0.340 e. The molecule has 156 valence electrons. The Bertz CT molecular complexity index is 1110. The zero-order valence-corrected chi connectivity index (χ0v) is 18.0. The van der Waals surface area contributed by atoms with Crippen molar-refractivity contribution in [2.24, 2.45) is 12.2 Å². The highest BCUT2D eigenvalue weighted by atomic mass is 32.2. The van der Waals surface area contributed by atoms with Crippen molar-refractivity contribution in [2.45, 2.75) is 24.1 Å². The van der Waals surface area contributed by atoms with Crippen LogP contribution in [0.3, 0.4) is 0 Å². The number of aryl methyl sites for hydroxylation is 1. The first-order chi connectivity index (χ1) is 14.5. The van der Waals surface area contributed by atoms with Gasteiger partial charge in [0, 0.05) is 40.9 Å². The molecule has 2 aromatic carbocycles. The molecule has 0 radical (unpaired) electrons. The van der Waals surface area contributed by atoms with Crippen molar-refractivity contribution in [1.82, 2.24) is 9.47 Å². The summed E-state index contributed by atoms with van der Waals surface area (Å²) >= 11 is 1.66. The Morgan fingerprint density at radius 3 is 2.77 bits per heavy atom. The monoisotopic (exact) mass is 423 g/mol. The first-order valence-corrected chi connectivity index (χ1v) is 10.7. The number of esters is 1. The minimum Gasteiger partial charge on any atom is -0.706 e. The van der Waals surface area contributed by atoms with Gasteiger partial charge in [0.1, 0.15) is 12.5 Å². The van der Waals surface area contributed by atoms with E-state index in [4.69, 9.17) is 9.47 Å². The van der Waals surface area contributed by atoms with Crippen molar-refractivity contribution in [3.8, 4) is 5.75 Å². The van der Waals surface area contributed by atoms with Crippen molar-refractivity contribution >= 4 is 34.3 Å². The molecule has 2 heterocycles. The Hall–Kier alpha value is -2.84. The molecule has 1 aliphatic heterocycles. The van der Waals surface area contributed by atoms with E-state index < -0.39 is 0 Å². The molecule has 1 aromatic heterocycles. The van der Waals surface area contributed by atoms with Gasteiger partial charge in [-0.3, -0.25) is 4.90 Å². The highest BCUT2D eigenvalue weighted by molar-refractivity contribution is 7.98. The Morgan fingerprint density at radius 1 is 1.30 bits per heavy atom. The molecule has 0 unspecified atom stereocenters. The second-order valence-electron chi connectivity index (χ2n) is 7.19. The summed E-state index contributed by atoms with van der Waals surface area (Å²) in [5, 5.41) is 4.24. The number of hydrogen-bond donors (Lipinski definition) is 0. The molecule has 0 saturated heterocycles. The van der Waals surface area contributed by atoms with Crippen molar-refractivity contribution in [2.75, 3.05) is 20.4 Å². The first kappa shape index (κ1) is 20.4. The van der Waals surface area contributed by atoms with E-state index in [2.05, 4.69) is 5.11 Å². The maximum atomic E-state index is 13.1. The molecule has 8 heteroatoms. The third-order valence-electron chi connectivity index (χ3n) is 5.21. The van der Waals surface area contributed by atoms with Crippen molar-refractivity contribution in [3.63, 3.8) is 0 Å². The number of hydrogen-bond acceptors (Lipinski definition) is 6. The van der Waals surface area contributed by atoms with Crippen molar-refractivity contribution in [3.05, 3.63) is 58.8 Å². The van der Waals surface area contributed by atoms with Crippen LogP contribution >= 0.6 is 11.8 Å². The third-order valence-corrected chi connectivity index (χ3v) is 6.23. The van der Waals surface area contributed by atoms with Crippen molar-refractivity contribution < 1.29 is 14.3 Å². The maximum absolute atomic E-state index is 13.1. The number of benzene rings is 2. The Morgan fingerprint density at radius 2 is 2.07 bits per heavy atom. The van der Waals surface area contributed by atoms with Crippen LogP contribution in [0, 0.1) is 0 Å². The SMILES string of the molecule is CCOC(=O)c1c(CSc2ccccc2)n(C)c2cc(N=[N-])c3c(c12)CN(C)CO3. The highest BCUT2D eigenvalue weighted by Crippen LogP contribution is 2.44. The van der Waals surface area contributed by atoms with Crippen LogP contribution < -0.4 is 4.74 Å². The van der Waals surface area contributed by atoms with Crippen LogP contribution in [0.4, 0.5) is 5.69 Å². The fraction of sp³-hybridized carbons (Fsp3) is 0.318. The van der Waals surface area contributed by atoms with E-state index >= 15 is 0 Å². The molecule has 0 saturated carbocycles. The third kappa shape index (κ3) is 3.57. The van der Waals surface area contributed by atoms with Crippen LogP contribution in [-0.2, 0) is 24.1 Å². The summed E-state index contributed by atoms with van der Waals surface area (Å²) in [5.74, 6) is 0.762. The Kier molecular flexibility index (Phi) is 5.78. The summed E-state index contributed by atoms with van der Waals surface area (Å²) in [6.07, 6.45) is 0. The number of ether oxygens (including phenoxy) is 2. The number of carbonyl (C=O) groups excluding carboxylic acids is 1. The smallest absolute Gasteiger partial charge is 0.340 e. The Balaban J connectivity index is 1.93. The number of rotatable bonds is 6. The van der Waals surface area contributed by atoms with Crippen LogP contribution in [0.15, 0.2) is 46.4 Å². The van der Waals surface area contributed by atoms with E-state index in [1.165, 1.54) is 0 Å². The fourth-order valence-electron chi connectivity index (χ4n) is 3.83. The second-order valence-corrected chi connectivity index (χ2v) is 8.24. The molecule has 0 spiro atoms. The van der Waals surface area contributed by atoms with E-state index in [0.717, 1.165) is 27.1 Å². The molecule has 30 heavy (non-hydrogen) atoms. The molecule has 0 atom stereocenters. The number of thioether (sulfide) groups is 1. The summed E-state index contributed by atoms with van der Waals surface area (Å²) in [5.41, 5.74) is 13.0. The number of aromatic nitrogens is 1. The zero-order chi connectivity index (χ0) is 21.3. The van der Waals surface area contributed by atoms with Crippen LogP contribution in [0.2, 0.25) is 0 Å². The van der Waals surface area contributed by atoms with E-state index in [9.17, 15) is 10.3 Å². The topological polar surface area (TPSA) is 78.4 Å². The standard InChI is InChI=1S/C22H23N4O3S/c1-4-28-22(27)20-18(12-30-14-8-6-5-7-9-14)26(3)17-10-16(24-23)21-15(19(17)20)11-25(2)13-29-21/h5-10H,4,11-13H2,1-3H3/q-1. The lowest BCUT2D eigenvalue weighted by Gasteiger charge is -2.28. The van der Waals surface area contributed by atoms with E-state index in [1.807, 2.05) is 53.9 Å². The largest absolute Gasteiger partial charge is 0.706 e. The minimum atomic E-state index is -0.351. The normalized spacial score (nSPS) is 13.7. The highest BCUT2D eigenvalue weighted by Gasteiger charge is 2.29. The second kappa shape index (κ2) is 8.49. The Labute approximate surface area is 179 Å². The molecule has 0 amide bonds. The van der Waals surface area contributed by atoms with Gasteiger partial charge in [-0.25, -0.2) is 4.79 Å². The summed E-state index contributed by atoms with van der Waals surface area (Å²) in [4.78, 5) is 16.2. The molecule has 3 aromatic rings. The van der Waals surface area contributed by atoms with Gasteiger partial charge < -0.3 is 24.7 Å². The van der Waals surface area contributed by atoms with Gasteiger partial charge in [0.25, 0.3) is 0 Å². The molecule has 4 rings (SSSR count). The van der Waals surface area contributed by atoms with E-state index in [0.29, 0.717) is 42.6 Å². The number of nitrogens with zero attached hydrogens (tertiary/aromatic N) is 4. The van der Waals surface area contributed by atoms with Gasteiger partial charge in [-0.15, -0.1) is 11.8 Å². The molecule has 1 aliphatic rings. The molecular formula is C22H23N4O3S-. The summed E-state index contributed by atoms with van der Waals surface area (Å²) < 4.78 is 13.3. The van der Waals surface area contributed by atoms with Crippen molar-refractivity contribution in [1.29, 1.82) is 0 Å². The minimum absolute atomic E-state index is 0.295. The summed E-state index contributed by atoms with van der Waals surface area (Å²) in [6.45, 7) is 3.07. The molecular weight excluding hydrogens is 400 g/mol. The molecule has 0 aliphatic carbocycles. The van der Waals surface area contributed by atoms with Crippen LogP contribution in [0.25, 0.3) is 16.4 Å². The van der Waals surface area contributed by atoms with Crippen LogP contribution in [0.1, 0.15) is 28.5 Å². The van der Waals surface area contributed by atoms with Gasteiger partial charge in [0.05, 0.1) is 23.4 Å². The molecule has 0 fully saturated rings. The quantitative estimate of drug-likeness (QED) is 0.314. The van der Waals surface area contributed by atoms with E-state index in [1.54, 1.807) is 24.8 Å². The first-order valence-electron chi connectivity index (χ1n) is 9.73. The van der Waals surface area contributed by atoms with Gasteiger partial charge in [-0.1, -0.05) is 18.2 Å². The lowest BCUT2D eigenvalue weighted by atomic mass is 10.0. The van der Waals surface area contributed by atoms with Gasteiger partial charge in [0.15, 0.2) is 0 Å². The summed E-state index contributed by atoms with van der Waals surface area (Å²) in [7, 11) is 3.86. The van der Waals surface area contributed by atoms with Gasteiger partial charge in [-0.2, -0.15) is 0 Å². The fourth-order valence-corrected chi connectivity index (χ4v) is 4.82. The number of carbonyl (C=O) groups is 1. The average Bonchev–Trinajstić information content (AvgIpc) is 3.04. The predicted octanol–water partition coefficient (Wildman–Crippen LogP) is 5.08. The van der Waals surface area contributed by atoms with E-state index in [-0.39, 0.29) is 5.97 Å². The summed E-state index contributed by atoms with van der Waals surface area (Å²) in [6, 6.07) is 11.8. The van der Waals surface area contributed by atoms with Gasteiger partial charge >= 0.3 is 5.97 Å². The lowest BCUT2D eigenvalue weighted by Crippen LogP contribution is -2.28. The molecule has 7 nitrogen and oxygen atoms in total. The zero-order valence-electron chi connectivity index (χ0n) is 17.2. The predicted molar refractivity (Wildman–Crippen MR) is 117 cm³/mol. The number of fused-ring (bicyclic) bond motifs is 3. The lowest BCUT2D eigenvalue weighted by molar-refractivity contribution is 0.0527.